The van der Waals surface area contributed by atoms with Crippen molar-refractivity contribution < 1.29 is 23.1 Å². The third-order valence-corrected chi connectivity index (χ3v) is 6.42. The van der Waals surface area contributed by atoms with E-state index in [-0.39, 0.29) is 40.8 Å². The molecule has 2 N–H and O–H groups in total. The van der Waals surface area contributed by atoms with Gasteiger partial charge in [-0.05, 0) is 18.8 Å². The van der Waals surface area contributed by atoms with E-state index < -0.39 is 15.8 Å². The van der Waals surface area contributed by atoms with Crippen LogP contribution < -0.4 is 5.32 Å². The molecule has 6 nitrogen and oxygen atoms in total. The molecule has 2 unspecified atom stereocenters. The molecule has 20 heavy (non-hydrogen) atoms. The Hall–Kier alpha value is -0.760. The number of sulfone groups is 1. The number of carbonyl (C=O) groups excluding carboxylic acids is 1. The number of hydrogen-bond acceptors (Lipinski definition) is 5. The number of hydrogen-bond donors (Lipinski definition) is 2. The summed E-state index contributed by atoms with van der Waals surface area (Å²) >= 11 is 1.38. The molecule has 1 fully saturated rings. The Morgan fingerprint density at radius 1 is 1.45 bits per heavy atom. The van der Waals surface area contributed by atoms with Crippen LogP contribution in [0.25, 0.3) is 0 Å². The Bertz CT molecular complexity index is 449. The minimum Gasteiger partial charge on any atom is -0.481 e. The second-order valence-electron chi connectivity index (χ2n) is 5.18. The summed E-state index contributed by atoms with van der Waals surface area (Å²) in [6.07, 6.45) is 1.25. The topological polar surface area (TPSA) is 101 Å². The van der Waals surface area contributed by atoms with Gasteiger partial charge in [0, 0.05) is 18.2 Å². The highest BCUT2D eigenvalue weighted by Gasteiger charge is 2.28. The van der Waals surface area contributed by atoms with Gasteiger partial charge in [0.1, 0.15) is 0 Å². The average Bonchev–Trinajstić information content (AvgIpc) is 2.71. The van der Waals surface area contributed by atoms with Gasteiger partial charge in [0.2, 0.25) is 5.91 Å². The van der Waals surface area contributed by atoms with Gasteiger partial charge in [-0.25, -0.2) is 8.42 Å². The van der Waals surface area contributed by atoms with Crippen LogP contribution in [0.3, 0.4) is 0 Å². The Labute approximate surface area is 123 Å². The SMILES string of the molecule is CC(CCC(=O)O)CNC(=O)CSC1CCS(=O)(=O)C1. The lowest BCUT2D eigenvalue weighted by atomic mass is 10.1. The van der Waals surface area contributed by atoms with E-state index in [1.165, 1.54) is 11.8 Å². The predicted octanol–water partition coefficient (Wildman–Crippen LogP) is 0.524. The quantitative estimate of drug-likeness (QED) is 0.675. The third-order valence-electron chi connectivity index (χ3n) is 3.14. The summed E-state index contributed by atoms with van der Waals surface area (Å²) in [4.78, 5) is 22.0. The number of rotatable bonds is 8. The molecule has 0 radical (unpaired) electrons. The molecule has 0 aliphatic carbocycles. The van der Waals surface area contributed by atoms with E-state index in [1.807, 2.05) is 6.92 Å². The highest BCUT2D eigenvalue weighted by molar-refractivity contribution is 8.02. The molecule has 1 amide bonds. The van der Waals surface area contributed by atoms with E-state index in [0.29, 0.717) is 19.4 Å². The molecule has 0 aromatic heterocycles. The molecule has 8 heteroatoms. The van der Waals surface area contributed by atoms with Crippen molar-refractivity contribution in [3.8, 4) is 0 Å². The molecular formula is C12H21NO5S2. The molecule has 0 aromatic carbocycles. The summed E-state index contributed by atoms with van der Waals surface area (Å²) < 4.78 is 22.5. The highest BCUT2D eigenvalue weighted by Crippen LogP contribution is 2.23. The second-order valence-corrected chi connectivity index (χ2v) is 8.70. The molecule has 0 aromatic rings. The minimum absolute atomic E-state index is 0.0233. The Balaban J connectivity index is 2.13. The first kappa shape index (κ1) is 17.3. The van der Waals surface area contributed by atoms with Crippen LogP contribution in [0, 0.1) is 5.92 Å². The number of carbonyl (C=O) groups is 2. The zero-order chi connectivity index (χ0) is 15.2. The third kappa shape index (κ3) is 7.14. The van der Waals surface area contributed by atoms with Crippen molar-refractivity contribution in [2.45, 2.75) is 31.4 Å². The summed E-state index contributed by atoms with van der Waals surface area (Å²) in [7, 11) is -2.89. The van der Waals surface area contributed by atoms with Crippen molar-refractivity contribution in [1.29, 1.82) is 0 Å². The van der Waals surface area contributed by atoms with Crippen LogP contribution in [-0.2, 0) is 19.4 Å². The van der Waals surface area contributed by atoms with Crippen molar-refractivity contribution in [3.05, 3.63) is 0 Å². The van der Waals surface area contributed by atoms with Gasteiger partial charge in [-0.15, -0.1) is 11.8 Å². The summed E-state index contributed by atoms with van der Waals surface area (Å²) in [5.41, 5.74) is 0. The number of aliphatic carboxylic acids is 1. The van der Waals surface area contributed by atoms with Crippen molar-refractivity contribution in [1.82, 2.24) is 5.32 Å². The molecule has 2 atom stereocenters. The van der Waals surface area contributed by atoms with Gasteiger partial charge >= 0.3 is 5.97 Å². The summed E-state index contributed by atoms with van der Waals surface area (Å²) in [5, 5.41) is 11.3. The number of thioether (sulfide) groups is 1. The monoisotopic (exact) mass is 323 g/mol. The maximum atomic E-state index is 11.6. The van der Waals surface area contributed by atoms with Crippen LogP contribution in [0.5, 0.6) is 0 Å². The van der Waals surface area contributed by atoms with Crippen LogP contribution in [0.15, 0.2) is 0 Å². The van der Waals surface area contributed by atoms with Gasteiger partial charge < -0.3 is 10.4 Å². The molecule has 0 spiro atoms. The molecule has 116 valence electrons. The first-order valence-electron chi connectivity index (χ1n) is 6.59. The standard InChI is InChI=1S/C12H21NO5S2/c1-9(2-3-12(15)16)6-13-11(14)7-19-10-4-5-20(17,18)8-10/h9-10H,2-8H2,1H3,(H,13,14)(H,15,16). The molecule has 1 heterocycles. The number of carboxylic acids is 1. The van der Waals surface area contributed by atoms with Gasteiger partial charge in [-0.3, -0.25) is 9.59 Å². The zero-order valence-corrected chi connectivity index (χ0v) is 13.1. The van der Waals surface area contributed by atoms with Gasteiger partial charge in [0.05, 0.1) is 17.3 Å². The van der Waals surface area contributed by atoms with E-state index in [4.69, 9.17) is 5.11 Å². The zero-order valence-electron chi connectivity index (χ0n) is 11.5. The van der Waals surface area contributed by atoms with E-state index >= 15 is 0 Å². The Morgan fingerprint density at radius 3 is 2.70 bits per heavy atom. The molecule has 1 aliphatic heterocycles. The predicted molar refractivity (Wildman–Crippen MR) is 78.6 cm³/mol. The normalized spacial score (nSPS) is 22.4. The molecular weight excluding hydrogens is 302 g/mol. The lowest BCUT2D eigenvalue weighted by molar-refractivity contribution is -0.137. The van der Waals surface area contributed by atoms with E-state index in [2.05, 4.69) is 5.32 Å². The van der Waals surface area contributed by atoms with Crippen molar-refractivity contribution in [2.24, 2.45) is 5.92 Å². The molecule has 1 saturated heterocycles. The fourth-order valence-corrected chi connectivity index (χ4v) is 5.37. The van der Waals surface area contributed by atoms with Crippen molar-refractivity contribution >= 4 is 33.5 Å². The van der Waals surface area contributed by atoms with E-state index in [1.54, 1.807) is 0 Å². The van der Waals surface area contributed by atoms with Crippen LogP contribution >= 0.6 is 11.8 Å². The second kappa shape index (κ2) is 7.87. The number of carboxylic acid groups (broad SMARTS) is 1. The molecule has 1 aliphatic rings. The highest BCUT2D eigenvalue weighted by atomic mass is 32.2. The Morgan fingerprint density at radius 2 is 2.15 bits per heavy atom. The summed E-state index contributed by atoms with van der Waals surface area (Å²) in [6.45, 7) is 2.34. The van der Waals surface area contributed by atoms with Gasteiger partial charge in [-0.1, -0.05) is 6.92 Å². The maximum Gasteiger partial charge on any atom is 0.303 e. The largest absolute Gasteiger partial charge is 0.481 e. The minimum atomic E-state index is -2.89. The van der Waals surface area contributed by atoms with Crippen molar-refractivity contribution in [2.75, 3.05) is 23.8 Å². The lowest BCUT2D eigenvalue weighted by Gasteiger charge is -2.12. The fraction of sp³-hybridized carbons (Fsp3) is 0.833. The van der Waals surface area contributed by atoms with Crippen LogP contribution in [0.1, 0.15) is 26.2 Å². The summed E-state index contributed by atoms with van der Waals surface area (Å²) in [6, 6.07) is 0. The van der Waals surface area contributed by atoms with Crippen LogP contribution in [0.4, 0.5) is 0 Å². The first-order valence-corrected chi connectivity index (χ1v) is 9.46. The number of amides is 1. The summed E-state index contributed by atoms with van der Waals surface area (Å²) in [5.74, 6) is -0.195. The van der Waals surface area contributed by atoms with E-state index in [0.717, 1.165) is 0 Å². The van der Waals surface area contributed by atoms with Crippen LogP contribution in [0.2, 0.25) is 0 Å². The molecule has 0 saturated carbocycles. The number of nitrogens with one attached hydrogen (secondary N) is 1. The maximum absolute atomic E-state index is 11.6. The van der Waals surface area contributed by atoms with Gasteiger partial charge in [0.15, 0.2) is 9.84 Å². The average molecular weight is 323 g/mol. The smallest absolute Gasteiger partial charge is 0.303 e. The van der Waals surface area contributed by atoms with E-state index in [9.17, 15) is 18.0 Å². The molecule has 0 bridgehead atoms. The molecule has 1 rings (SSSR count). The fourth-order valence-electron chi connectivity index (χ4n) is 1.90. The van der Waals surface area contributed by atoms with Crippen molar-refractivity contribution in [3.63, 3.8) is 0 Å². The van der Waals surface area contributed by atoms with Crippen LogP contribution in [-0.4, -0.2) is 54.5 Å². The first-order chi connectivity index (χ1) is 9.28. The Kier molecular flexibility index (Phi) is 6.81. The van der Waals surface area contributed by atoms with Gasteiger partial charge in [0.25, 0.3) is 0 Å². The lowest BCUT2D eigenvalue weighted by Crippen LogP contribution is -2.30. The van der Waals surface area contributed by atoms with Gasteiger partial charge in [-0.2, -0.15) is 0 Å².